The highest BCUT2D eigenvalue weighted by molar-refractivity contribution is 6.01. The Morgan fingerprint density at radius 2 is 2.03 bits per heavy atom. The van der Waals surface area contributed by atoms with Crippen molar-refractivity contribution in [2.45, 2.75) is 19.4 Å². The molecular formula is C24H26N4O3. The molecule has 160 valence electrons. The molecule has 3 heterocycles. The minimum Gasteiger partial charge on any atom is -0.494 e. The van der Waals surface area contributed by atoms with Gasteiger partial charge in [-0.15, -0.1) is 6.58 Å². The number of ether oxygens (including phenoxy) is 1. The molecular weight excluding hydrogens is 392 g/mol. The van der Waals surface area contributed by atoms with E-state index in [1.807, 2.05) is 49.4 Å². The van der Waals surface area contributed by atoms with E-state index >= 15 is 0 Å². The predicted molar refractivity (Wildman–Crippen MR) is 117 cm³/mol. The molecule has 31 heavy (non-hydrogen) atoms. The number of urea groups is 1. The highest BCUT2D eigenvalue weighted by atomic mass is 16.5. The van der Waals surface area contributed by atoms with Gasteiger partial charge in [-0.05, 0) is 36.8 Å². The molecule has 1 aromatic heterocycles. The van der Waals surface area contributed by atoms with Gasteiger partial charge in [-0.25, -0.2) is 4.79 Å². The first-order valence-corrected chi connectivity index (χ1v) is 10.5. The van der Waals surface area contributed by atoms with Crippen LogP contribution in [0.2, 0.25) is 0 Å². The third-order valence-corrected chi connectivity index (χ3v) is 5.50. The molecule has 2 aliphatic rings. The van der Waals surface area contributed by atoms with E-state index in [1.165, 1.54) is 0 Å². The maximum absolute atomic E-state index is 13.4. The zero-order valence-corrected chi connectivity index (χ0v) is 17.6. The standard InChI is InChI=1S/C24H26N4O3/c1-3-14-28-20-16-27(15-12-18-7-5-6-13-25-18)23(29)21(20)22(26-24(28)30)17-8-10-19(11-9-17)31-4-2/h3,5-11,13,22H,1,4,12,14-16H2,2H3,(H,26,30). The van der Waals surface area contributed by atoms with Crippen LogP contribution in [0.25, 0.3) is 0 Å². The zero-order valence-electron chi connectivity index (χ0n) is 17.6. The van der Waals surface area contributed by atoms with Gasteiger partial charge in [-0.3, -0.25) is 14.7 Å². The molecule has 7 heteroatoms. The maximum Gasteiger partial charge on any atom is 0.322 e. The van der Waals surface area contributed by atoms with Gasteiger partial charge in [0.05, 0.1) is 30.5 Å². The van der Waals surface area contributed by atoms with Crippen LogP contribution in [0.1, 0.15) is 24.2 Å². The lowest BCUT2D eigenvalue weighted by molar-refractivity contribution is -0.125. The summed E-state index contributed by atoms with van der Waals surface area (Å²) < 4.78 is 5.52. The first-order valence-electron chi connectivity index (χ1n) is 10.5. The molecule has 4 rings (SSSR count). The van der Waals surface area contributed by atoms with Crippen LogP contribution in [0.3, 0.4) is 0 Å². The molecule has 0 saturated carbocycles. The molecule has 2 aliphatic heterocycles. The monoisotopic (exact) mass is 418 g/mol. The number of rotatable bonds is 8. The molecule has 0 bridgehead atoms. The van der Waals surface area contributed by atoms with Crippen LogP contribution in [-0.4, -0.2) is 53.0 Å². The Labute approximate surface area is 182 Å². The molecule has 0 fully saturated rings. The van der Waals surface area contributed by atoms with Crippen molar-refractivity contribution < 1.29 is 14.3 Å². The van der Waals surface area contributed by atoms with Gasteiger partial charge < -0.3 is 15.0 Å². The highest BCUT2D eigenvalue weighted by Crippen LogP contribution is 2.36. The van der Waals surface area contributed by atoms with E-state index in [-0.39, 0.29) is 11.9 Å². The topological polar surface area (TPSA) is 74.8 Å². The second kappa shape index (κ2) is 9.04. The van der Waals surface area contributed by atoms with Crippen LogP contribution in [0.15, 0.2) is 72.6 Å². The summed E-state index contributed by atoms with van der Waals surface area (Å²) in [6, 6.07) is 12.6. The summed E-state index contributed by atoms with van der Waals surface area (Å²) in [7, 11) is 0. The fourth-order valence-corrected chi connectivity index (χ4v) is 4.02. The van der Waals surface area contributed by atoms with Gasteiger partial charge in [0.1, 0.15) is 5.75 Å². The fraction of sp³-hybridized carbons (Fsp3) is 0.292. The van der Waals surface area contributed by atoms with Crippen LogP contribution in [-0.2, 0) is 11.2 Å². The van der Waals surface area contributed by atoms with E-state index in [0.29, 0.717) is 38.2 Å². The number of nitrogens with zero attached hydrogens (tertiary/aromatic N) is 3. The number of hydrogen-bond donors (Lipinski definition) is 1. The summed E-state index contributed by atoms with van der Waals surface area (Å²) >= 11 is 0. The summed E-state index contributed by atoms with van der Waals surface area (Å²) in [5.74, 6) is 0.699. The molecule has 1 unspecified atom stereocenters. The van der Waals surface area contributed by atoms with Crippen molar-refractivity contribution in [2.24, 2.45) is 0 Å². The number of carbonyl (C=O) groups excluding carboxylic acids is 2. The molecule has 0 saturated heterocycles. The Bertz CT molecular complexity index is 1000. The molecule has 1 aromatic carbocycles. The van der Waals surface area contributed by atoms with Gasteiger partial charge in [0.15, 0.2) is 0 Å². The van der Waals surface area contributed by atoms with E-state index in [1.54, 1.807) is 22.1 Å². The molecule has 1 atom stereocenters. The quantitative estimate of drug-likeness (QED) is 0.669. The average Bonchev–Trinajstić information content (AvgIpc) is 3.12. The Balaban J connectivity index is 1.61. The lowest BCUT2D eigenvalue weighted by atomic mass is 9.95. The second-order valence-electron chi connectivity index (χ2n) is 7.44. The number of hydrogen-bond acceptors (Lipinski definition) is 4. The van der Waals surface area contributed by atoms with Gasteiger partial charge in [0.2, 0.25) is 0 Å². The lowest BCUT2D eigenvalue weighted by Crippen LogP contribution is -2.47. The smallest absolute Gasteiger partial charge is 0.322 e. The van der Waals surface area contributed by atoms with E-state index in [2.05, 4.69) is 16.9 Å². The minimum atomic E-state index is -0.494. The number of aromatic nitrogens is 1. The molecule has 7 nitrogen and oxygen atoms in total. The summed E-state index contributed by atoms with van der Waals surface area (Å²) in [6.07, 6.45) is 4.08. The highest BCUT2D eigenvalue weighted by Gasteiger charge is 2.43. The van der Waals surface area contributed by atoms with Gasteiger partial charge >= 0.3 is 6.03 Å². The molecule has 0 aliphatic carbocycles. The van der Waals surface area contributed by atoms with E-state index in [9.17, 15) is 9.59 Å². The maximum atomic E-state index is 13.4. The van der Waals surface area contributed by atoms with E-state index < -0.39 is 6.04 Å². The second-order valence-corrected chi connectivity index (χ2v) is 7.44. The Hall–Kier alpha value is -3.61. The van der Waals surface area contributed by atoms with Crippen LogP contribution in [0.4, 0.5) is 4.79 Å². The van der Waals surface area contributed by atoms with Gasteiger partial charge in [0.25, 0.3) is 5.91 Å². The zero-order chi connectivity index (χ0) is 21.8. The van der Waals surface area contributed by atoms with Gasteiger partial charge in [-0.2, -0.15) is 0 Å². The third kappa shape index (κ3) is 4.17. The number of benzene rings is 1. The summed E-state index contributed by atoms with van der Waals surface area (Å²) in [4.78, 5) is 34.0. The van der Waals surface area contributed by atoms with Gasteiger partial charge in [-0.1, -0.05) is 24.3 Å². The molecule has 0 spiro atoms. The van der Waals surface area contributed by atoms with Crippen molar-refractivity contribution >= 4 is 11.9 Å². The van der Waals surface area contributed by atoms with Crippen molar-refractivity contribution in [1.29, 1.82) is 0 Å². The predicted octanol–water partition coefficient (Wildman–Crippen LogP) is 3.07. The third-order valence-electron chi connectivity index (χ3n) is 5.50. The number of pyridine rings is 1. The molecule has 1 N–H and O–H groups in total. The van der Waals surface area contributed by atoms with Crippen molar-refractivity contribution in [3.05, 3.63) is 83.8 Å². The first kappa shape index (κ1) is 20.7. The van der Waals surface area contributed by atoms with Crippen molar-refractivity contribution in [3.8, 4) is 5.75 Å². The van der Waals surface area contributed by atoms with E-state index in [0.717, 1.165) is 22.7 Å². The fourth-order valence-electron chi connectivity index (χ4n) is 4.02. The van der Waals surface area contributed by atoms with Crippen LogP contribution >= 0.6 is 0 Å². The van der Waals surface area contributed by atoms with Crippen LogP contribution in [0, 0.1) is 0 Å². The Kier molecular flexibility index (Phi) is 6.02. The first-order chi connectivity index (χ1) is 15.1. The van der Waals surface area contributed by atoms with Crippen molar-refractivity contribution in [1.82, 2.24) is 20.1 Å². The molecule has 3 amide bonds. The summed E-state index contributed by atoms with van der Waals surface area (Å²) in [5, 5.41) is 3.00. The number of nitrogens with one attached hydrogen (secondary N) is 1. The average molecular weight is 418 g/mol. The minimum absolute atomic E-state index is 0.0566. The van der Waals surface area contributed by atoms with Crippen molar-refractivity contribution in [2.75, 3.05) is 26.2 Å². The summed E-state index contributed by atoms with van der Waals surface area (Å²) in [6.45, 7) is 7.55. The lowest BCUT2D eigenvalue weighted by Gasteiger charge is -2.33. The largest absolute Gasteiger partial charge is 0.494 e. The van der Waals surface area contributed by atoms with Crippen molar-refractivity contribution in [3.63, 3.8) is 0 Å². The van der Waals surface area contributed by atoms with Gasteiger partial charge in [0, 0.05) is 31.4 Å². The van der Waals surface area contributed by atoms with Crippen LogP contribution in [0.5, 0.6) is 5.75 Å². The Morgan fingerprint density at radius 1 is 1.23 bits per heavy atom. The molecule has 2 aromatic rings. The molecule has 0 radical (unpaired) electrons. The normalized spacial score (nSPS) is 18.2. The number of carbonyl (C=O) groups is 2. The van der Waals surface area contributed by atoms with Crippen LogP contribution < -0.4 is 10.1 Å². The summed E-state index contributed by atoms with van der Waals surface area (Å²) in [5.41, 5.74) is 3.14. The SMILES string of the molecule is C=CCN1C(=O)NC(c2ccc(OCC)cc2)C2=C1CN(CCc1ccccn1)C2=O. The Morgan fingerprint density at radius 3 is 2.71 bits per heavy atom. The number of amides is 3. The van der Waals surface area contributed by atoms with E-state index in [4.69, 9.17) is 4.74 Å².